The third-order valence-corrected chi connectivity index (χ3v) is 4.37. The SMILES string of the molecule is COc1cc(CO)nc(Cc2cccc(Cl)c2NS(=O)(=O)C(F)F)n1. The molecule has 0 aliphatic rings. The lowest BCUT2D eigenvalue weighted by molar-refractivity contribution is 0.236. The number of sulfonamides is 1. The number of aliphatic hydroxyl groups is 1. The van der Waals surface area contributed by atoms with Gasteiger partial charge >= 0.3 is 5.76 Å². The fourth-order valence-corrected chi connectivity index (χ4v) is 2.89. The summed E-state index contributed by atoms with van der Waals surface area (Å²) < 4.78 is 54.9. The van der Waals surface area contributed by atoms with Crippen molar-refractivity contribution in [2.75, 3.05) is 11.8 Å². The van der Waals surface area contributed by atoms with E-state index in [4.69, 9.17) is 16.3 Å². The maximum atomic E-state index is 12.6. The first-order chi connectivity index (χ1) is 11.8. The molecule has 0 bridgehead atoms. The largest absolute Gasteiger partial charge is 0.481 e. The third-order valence-electron chi connectivity index (χ3n) is 3.10. The molecule has 0 aliphatic carbocycles. The van der Waals surface area contributed by atoms with E-state index in [2.05, 4.69) is 9.97 Å². The highest BCUT2D eigenvalue weighted by Gasteiger charge is 2.26. The van der Waals surface area contributed by atoms with Crippen molar-refractivity contribution in [3.8, 4) is 5.88 Å². The molecule has 0 atom stereocenters. The van der Waals surface area contributed by atoms with Crippen LogP contribution in [0, 0.1) is 0 Å². The van der Waals surface area contributed by atoms with Crippen molar-refractivity contribution >= 4 is 27.3 Å². The number of halogens is 3. The summed E-state index contributed by atoms with van der Waals surface area (Å²) in [4.78, 5) is 8.17. The predicted octanol–water partition coefficient (Wildman–Crippen LogP) is 2.19. The molecule has 0 saturated heterocycles. The average molecular weight is 394 g/mol. The Morgan fingerprint density at radius 2 is 2.08 bits per heavy atom. The van der Waals surface area contributed by atoms with E-state index in [1.54, 1.807) is 4.72 Å². The van der Waals surface area contributed by atoms with Crippen molar-refractivity contribution in [3.63, 3.8) is 0 Å². The number of methoxy groups -OCH3 is 1. The summed E-state index contributed by atoms with van der Waals surface area (Å²) in [5.74, 6) is -3.21. The van der Waals surface area contributed by atoms with Gasteiger partial charge in [-0.1, -0.05) is 23.7 Å². The zero-order valence-electron chi connectivity index (χ0n) is 12.9. The van der Waals surface area contributed by atoms with E-state index in [0.29, 0.717) is 5.69 Å². The number of nitrogens with one attached hydrogen (secondary N) is 1. The van der Waals surface area contributed by atoms with E-state index < -0.39 is 15.8 Å². The molecule has 0 radical (unpaired) electrons. The number of alkyl halides is 2. The first-order valence-corrected chi connectivity index (χ1v) is 8.78. The standard InChI is InChI=1S/C14H14ClF2N3O4S/c1-24-12-6-9(7-21)18-11(19-12)5-8-3-2-4-10(15)13(8)20-25(22,23)14(16)17/h2-4,6,14,20-21H,5,7H2,1H3. The minimum absolute atomic E-state index is 0.0220. The number of para-hydroxylation sites is 1. The Hall–Kier alpha value is -2.04. The van der Waals surface area contributed by atoms with E-state index in [1.165, 1.54) is 31.4 Å². The lowest BCUT2D eigenvalue weighted by atomic mass is 10.1. The van der Waals surface area contributed by atoms with Crippen molar-refractivity contribution in [2.24, 2.45) is 0 Å². The predicted molar refractivity (Wildman–Crippen MR) is 87.3 cm³/mol. The van der Waals surface area contributed by atoms with E-state index >= 15 is 0 Å². The summed E-state index contributed by atoms with van der Waals surface area (Å²) in [5.41, 5.74) is 0.397. The molecule has 1 aromatic carbocycles. The molecule has 0 amide bonds. The topological polar surface area (TPSA) is 101 Å². The minimum atomic E-state index is -4.89. The van der Waals surface area contributed by atoms with Crippen LogP contribution in [0.2, 0.25) is 5.02 Å². The van der Waals surface area contributed by atoms with Crippen LogP contribution in [-0.2, 0) is 23.1 Å². The van der Waals surface area contributed by atoms with Gasteiger partial charge in [0.1, 0.15) is 5.82 Å². The highest BCUT2D eigenvalue weighted by atomic mass is 35.5. The van der Waals surface area contributed by atoms with Gasteiger partial charge in [0.25, 0.3) is 10.0 Å². The molecule has 1 aromatic heterocycles. The molecule has 7 nitrogen and oxygen atoms in total. The summed E-state index contributed by atoms with van der Waals surface area (Å²) in [5, 5.41) is 9.17. The number of nitrogens with zero attached hydrogens (tertiary/aromatic N) is 2. The minimum Gasteiger partial charge on any atom is -0.481 e. The van der Waals surface area contributed by atoms with Crippen molar-refractivity contribution < 1.29 is 27.0 Å². The Bertz CT molecular complexity index is 843. The molecule has 25 heavy (non-hydrogen) atoms. The van der Waals surface area contributed by atoms with Crippen molar-refractivity contribution in [1.82, 2.24) is 9.97 Å². The Balaban J connectivity index is 2.43. The van der Waals surface area contributed by atoms with Crippen LogP contribution in [-0.4, -0.2) is 36.4 Å². The lowest BCUT2D eigenvalue weighted by Gasteiger charge is -2.14. The van der Waals surface area contributed by atoms with Crippen LogP contribution in [0.5, 0.6) is 5.88 Å². The molecule has 1 heterocycles. The van der Waals surface area contributed by atoms with Gasteiger partial charge in [0.05, 0.1) is 30.1 Å². The highest BCUT2D eigenvalue weighted by Crippen LogP contribution is 2.29. The van der Waals surface area contributed by atoms with E-state index in [0.717, 1.165) is 0 Å². The van der Waals surface area contributed by atoms with Crippen LogP contribution >= 0.6 is 11.6 Å². The molecular formula is C14H14ClF2N3O4S. The molecule has 11 heteroatoms. The first-order valence-electron chi connectivity index (χ1n) is 6.85. The van der Waals surface area contributed by atoms with E-state index in [9.17, 15) is 22.3 Å². The monoisotopic (exact) mass is 393 g/mol. The summed E-state index contributed by atoms with van der Waals surface area (Å²) in [7, 11) is -3.50. The molecule has 136 valence electrons. The Kier molecular flexibility index (Phi) is 6.09. The molecule has 2 N–H and O–H groups in total. The van der Waals surface area contributed by atoms with Crippen LogP contribution in [0.3, 0.4) is 0 Å². The lowest BCUT2D eigenvalue weighted by Crippen LogP contribution is -2.21. The summed E-state index contributed by atoms with van der Waals surface area (Å²) in [6.07, 6.45) is -0.0220. The van der Waals surface area contributed by atoms with Gasteiger partial charge in [-0.25, -0.2) is 13.4 Å². The van der Waals surface area contributed by atoms with Gasteiger partial charge in [-0.05, 0) is 11.6 Å². The molecule has 0 aliphatic heterocycles. The smallest absolute Gasteiger partial charge is 0.355 e. The third kappa shape index (κ3) is 4.74. The number of anilines is 1. The Morgan fingerprint density at radius 3 is 2.68 bits per heavy atom. The second kappa shape index (κ2) is 7.89. The maximum absolute atomic E-state index is 12.6. The second-order valence-corrected chi connectivity index (χ2v) is 6.89. The number of hydrogen-bond acceptors (Lipinski definition) is 6. The summed E-state index contributed by atoms with van der Waals surface area (Å²) in [6.45, 7) is -0.355. The van der Waals surface area contributed by atoms with Crippen LogP contribution < -0.4 is 9.46 Å². The zero-order chi connectivity index (χ0) is 18.6. The summed E-state index contributed by atoms with van der Waals surface area (Å²) in [6, 6.07) is 5.82. The number of aliphatic hydroxyl groups excluding tert-OH is 1. The Morgan fingerprint density at radius 1 is 1.36 bits per heavy atom. The number of hydrogen-bond donors (Lipinski definition) is 2. The number of ether oxygens (including phenoxy) is 1. The first kappa shape index (κ1) is 19.3. The van der Waals surface area contributed by atoms with Crippen LogP contribution in [0.4, 0.5) is 14.5 Å². The van der Waals surface area contributed by atoms with Crippen molar-refractivity contribution in [3.05, 3.63) is 46.4 Å². The molecule has 0 unspecified atom stereocenters. The van der Waals surface area contributed by atoms with Gasteiger partial charge in [-0.3, -0.25) is 4.72 Å². The van der Waals surface area contributed by atoms with Crippen LogP contribution in [0.25, 0.3) is 0 Å². The van der Waals surface area contributed by atoms with Gasteiger partial charge in [-0.15, -0.1) is 0 Å². The molecule has 2 rings (SSSR count). The normalized spacial score (nSPS) is 11.6. The average Bonchev–Trinajstić information content (AvgIpc) is 2.57. The van der Waals surface area contributed by atoms with Gasteiger partial charge < -0.3 is 9.84 Å². The van der Waals surface area contributed by atoms with Crippen LogP contribution in [0.1, 0.15) is 17.1 Å². The molecule has 0 spiro atoms. The fourth-order valence-electron chi connectivity index (χ4n) is 1.98. The van der Waals surface area contributed by atoms with Gasteiger partial charge in [0, 0.05) is 12.5 Å². The van der Waals surface area contributed by atoms with E-state index in [1.807, 2.05) is 0 Å². The molecule has 0 saturated carbocycles. The van der Waals surface area contributed by atoms with E-state index in [-0.39, 0.29) is 41.0 Å². The molecule has 2 aromatic rings. The maximum Gasteiger partial charge on any atom is 0.355 e. The van der Waals surface area contributed by atoms with Crippen molar-refractivity contribution in [2.45, 2.75) is 18.8 Å². The number of benzene rings is 1. The molecule has 0 fully saturated rings. The zero-order valence-corrected chi connectivity index (χ0v) is 14.5. The highest BCUT2D eigenvalue weighted by molar-refractivity contribution is 7.93. The number of rotatable bonds is 7. The second-order valence-electron chi connectivity index (χ2n) is 4.83. The summed E-state index contributed by atoms with van der Waals surface area (Å²) >= 11 is 5.95. The quantitative estimate of drug-likeness (QED) is 0.747. The number of aromatic nitrogens is 2. The van der Waals surface area contributed by atoms with Gasteiger partial charge in [0.15, 0.2) is 0 Å². The van der Waals surface area contributed by atoms with Gasteiger partial charge in [0.2, 0.25) is 5.88 Å². The van der Waals surface area contributed by atoms with Crippen molar-refractivity contribution in [1.29, 1.82) is 0 Å². The van der Waals surface area contributed by atoms with Gasteiger partial charge in [-0.2, -0.15) is 13.8 Å². The fraction of sp³-hybridized carbons (Fsp3) is 0.286. The Labute approximate surface area is 147 Å². The van der Waals surface area contributed by atoms with Crippen LogP contribution in [0.15, 0.2) is 24.3 Å². The molecular weight excluding hydrogens is 380 g/mol.